The van der Waals surface area contributed by atoms with Crippen molar-refractivity contribution in [1.82, 2.24) is 15.3 Å². The van der Waals surface area contributed by atoms with Gasteiger partial charge in [-0.05, 0) is 25.1 Å². The van der Waals surface area contributed by atoms with Gasteiger partial charge >= 0.3 is 6.01 Å². The standard InChI is InChI=1S/C14H16FN3O/c1-2-6-16-8-11-9-17-14(18-10-11)19-13-5-3-4-12(15)7-13/h3-5,7,9-10,16H,2,6,8H2,1H3. The van der Waals surface area contributed by atoms with Gasteiger partial charge in [-0.15, -0.1) is 0 Å². The Morgan fingerprint density at radius 1 is 1.26 bits per heavy atom. The Bertz CT molecular complexity index is 516. The van der Waals surface area contributed by atoms with Crippen LogP contribution in [0.1, 0.15) is 18.9 Å². The molecule has 0 saturated heterocycles. The summed E-state index contributed by atoms with van der Waals surface area (Å²) in [4.78, 5) is 8.17. The van der Waals surface area contributed by atoms with Crippen molar-refractivity contribution >= 4 is 0 Å². The molecule has 1 N–H and O–H groups in total. The minimum Gasteiger partial charge on any atom is -0.424 e. The monoisotopic (exact) mass is 261 g/mol. The average Bonchev–Trinajstić information content (AvgIpc) is 2.41. The lowest BCUT2D eigenvalue weighted by Gasteiger charge is -2.05. The molecule has 0 fully saturated rings. The van der Waals surface area contributed by atoms with Gasteiger partial charge in [0.15, 0.2) is 0 Å². The maximum absolute atomic E-state index is 13.0. The van der Waals surface area contributed by atoms with Crippen LogP contribution in [-0.2, 0) is 6.54 Å². The van der Waals surface area contributed by atoms with E-state index in [2.05, 4.69) is 22.2 Å². The second-order valence-corrected chi connectivity index (χ2v) is 4.11. The largest absolute Gasteiger partial charge is 0.424 e. The highest BCUT2D eigenvalue weighted by atomic mass is 19.1. The number of benzene rings is 1. The Hall–Kier alpha value is -2.01. The summed E-state index contributed by atoms with van der Waals surface area (Å²) in [6, 6.07) is 6.09. The summed E-state index contributed by atoms with van der Waals surface area (Å²) in [7, 11) is 0. The Labute approximate surface area is 111 Å². The zero-order valence-electron chi connectivity index (χ0n) is 10.8. The third-order valence-electron chi connectivity index (χ3n) is 2.44. The van der Waals surface area contributed by atoms with Gasteiger partial charge in [0.2, 0.25) is 0 Å². The van der Waals surface area contributed by atoms with E-state index in [9.17, 15) is 4.39 Å². The molecule has 100 valence electrons. The molecular weight excluding hydrogens is 245 g/mol. The fraction of sp³-hybridized carbons (Fsp3) is 0.286. The molecule has 0 atom stereocenters. The number of nitrogens with one attached hydrogen (secondary N) is 1. The van der Waals surface area contributed by atoms with Crippen LogP contribution in [0.2, 0.25) is 0 Å². The lowest BCUT2D eigenvalue weighted by atomic mass is 10.3. The molecule has 2 rings (SSSR count). The number of halogens is 1. The van der Waals surface area contributed by atoms with E-state index in [0.29, 0.717) is 5.75 Å². The quantitative estimate of drug-likeness (QED) is 0.812. The van der Waals surface area contributed by atoms with Gasteiger partial charge in [0.05, 0.1) is 0 Å². The molecule has 0 aliphatic carbocycles. The molecule has 0 radical (unpaired) electrons. The van der Waals surface area contributed by atoms with Crippen LogP contribution in [0.15, 0.2) is 36.7 Å². The van der Waals surface area contributed by atoms with Crippen LogP contribution < -0.4 is 10.1 Å². The minimum atomic E-state index is -0.349. The number of ether oxygens (including phenoxy) is 1. The predicted molar refractivity (Wildman–Crippen MR) is 70.5 cm³/mol. The molecule has 0 saturated carbocycles. The summed E-state index contributed by atoms with van der Waals surface area (Å²) >= 11 is 0. The highest BCUT2D eigenvalue weighted by Gasteiger charge is 2.02. The van der Waals surface area contributed by atoms with Gasteiger partial charge in [-0.25, -0.2) is 14.4 Å². The predicted octanol–water partition coefficient (Wildman–Crippen LogP) is 2.91. The summed E-state index contributed by atoms with van der Waals surface area (Å²) in [5.41, 5.74) is 0.986. The summed E-state index contributed by atoms with van der Waals surface area (Å²) < 4.78 is 18.3. The second-order valence-electron chi connectivity index (χ2n) is 4.11. The Kier molecular flexibility index (Phi) is 4.80. The molecule has 1 aromatic carbocycles. The van der Waals surface area contributed by atoms with Gasteiger partial charge in [-0.1, -0.05) is 13.0 Å². The maximum atomic E-state index is 13.0. The van der Waals surface area contributed by atoms with Crippen molar-refractivity contribution in [3.8, 4) is 11.8 Å². The van der Waals surface area contributed by atoms with Gasteiger partial charge in [0.1, 0.15) is 11.6 Å². The highest BCUT2D eigenvalue weighted by Crippen LogP contribution is 2.17. The topological polar surface area (TPSA) is 47.0 Å². The van der Waals surface area contributed by atoms with E-state index in [-0.39, 0.29) is 11.8 Å². The smallest absolute Gasteiger partial charge is 0.321 e. The van der Waals surface area contributed by atoms with Crippen LogP contribution in [0, 0.1) is 5.82 Å². The third kappa shape index (κ3) is 4.30. The summed E-state index contributed by atoms with van der Waals surface area (Å²) in [5, 5.41) is 3.26. The molecule has 0 bridgehead atoms. The average molecular weight is 261 g/mol. The molecule has 4 nitrogen and oxygen atoms in total. The van der Waals surface area contributed by atoms with E-state index in [1.54, 1.807) is 24.5 Å². The van der Waals surface area contributed by atoms with Crippen molar-refractivity contribution in [3.05, 3.63) is 48.0 Å². The van der Waals surface area contributed by atoms with Crippen molar-refractivity contribution < 1.29 is 9.13 Å². The van der Waals surface area contributed by atoms with Crippen LogP contribution in [0.25, 0.3) is 0 Å². The molecule has 2 aromatic rings. The fourth-order valence-corrected chi connectivity index (χ4v) is 1.53. The van der Waals surface area contributed by atoms with Crippen LogP contribution in [0.4, 0.5) is 4.39 Å². The number of hydrogen-bond donors (Lipinski definition) is 1. The van der Waals surface area contributed by atoms with Crippen molar-refractivity contribution in [2.75, 3.05) is 6.54 Å². The minimum absolute atomic E-state index is 0.213. The molecule has 0 spiro atoms. The molecule has 19 heavy (non-hydrogen) atoms. The van der Waals surface area contributed by atoms with E-state index in [1.807, 2.05) is 0 Å². The lowest BCUT2D eigenvalue weighted by molar-refractivity contribution is 0.437. The zero-order chi connectivity index (χ0) is 13.5. The van der Waals surface area contributed by atoms with Crippen LogP contribution in [-0.4, -0.2) is 16.5 Å². The number of aromatic nitrogens is 2. The SMILES string of the molecule is CCCNCc1cnc(Oc2cccc(F)c2)nc1. The van der Waals surface area contributed by atoms with Crippen LogP contribution in [0.3, 0.4) is 0 Å². The molecular formula is C14H16FN3O. The zero-order valence-corrected chi connectivity index (χ0v) is 10.8. The van der Waals surface area contributed by atoms with Gasteiger partial charge in [-0.3, -0.25) is 0 Å². The van der Waals surface area contributed by atoms with E-state index in [4.69, 9.17) is 4.74 Å². The molecule has 0 unspecified atom stereocenters. The maximum Gasteiger partial charge on any atom is 0.321 e. The van der Waals surface area contributed by atoms with Crippen molar-refractivity contribution in [2.24, 2.45) is 0 Å². The Morgan fingerprint density at radius 3 is 2.74 bits per heavy atom. The second kappa shape index (κ2) is 6.80. The highest BCUT2D eigenvalue weighted by molar-refractivity contribution is 5.25. The molecule has 1 heterocycles. The normalized spacial score (nSPS) is 10.4. The lowest BCUT2D eigenvalue weighted by Crippen LogP contribution is -2.14. The van der Waals surface area contributed by atoms with E-state index >= 15 is 0 Å². The van der Waals surface area contributed by atoms with Crippen molar-refractivity contribution in [3.63, 3.8) is 0 Å². The third-order valence-corrected chi connectivity index (χ3v) is 2.44. The Morgan fingerprint density at radius 2 is 2.05 bits per heavy atom. The van der Waals surface area contributed by atoms with Gasteiger partial charge in [-0.2, -0.15) is 0 Å². The van der Waals surface area contributed by atoms with E-state index < -0.39 is 0 Å². The van der Waals surface area contributed by atoms with Crippen molar-refractivity contribution in [2.45, 2.75) is 19.9 Å². The number of rotatable bonds is 6. The van der Waals surface area contributed by atoms with Crippen LogP contribution >= 0.6 is 0 Å². The first-order valence-electron chi connectivity index (χ1n) is 6.23. The summed E-state index contributed by atoms with van der Waals surface area (Å²) in [5.74, 6) is 0.0368. The van der Waals surface area contributed by atoms with Gasteiger partial charge in [0, 0.05) is 30.6 Å². The molecule has 1 aromatic heterocycles. The number of hydrogen-bond acceptors (Lipinski definition) is 4. The van der Waals surface area contributed by atoms with Gasteiger partial charge < -0.3 is 10.1 Å². The summed E-state index contributed by atoms with van der Waals surface area (Å²) in [6.45, 7) is 3.80. The first-order valence-corrected chi connectivity index (χ1v) is 6.23. The fourth-order valence-electron chi connectivity index (χ4n) is 1.53. The van der Waals surface area contributed by atoms with E-state index in [0.717, 1.165) is 25.1 Å². The van der Waals surface area contributed by atoms with Gasteiger partial charge in [0.25, 0.3) is 0 Å². The first-order chi connectivity index (χ1) is 9.28. The van der Waals surface area contributed by atoms with E-state index in [1.165, 1.54) is 12.1 Å². The van der Waals surface area contributed by atoms with Crippen LogP contribution in [0.5, 0.6) is 11.8 Å². The molecule has 0 amide bonds. The molecule has 0 aliphatic rings. The van der Waals surface area contributed by atoms with Crippen molar-refractivity contribution in [1.29, 1.82) is 0 Å². The Balaban J connectivity index is 1.95. The molecule has 0 aliphatic heterocycles. The number of nitrogens with zero attached hydrogens (tertiary/aromatic N) is 2. The first kappa shape index (κ1) is 13.4. The molecule has 5 heteroatoms. The summed E-state index contributed by atoms with van der Waals surface area (Å²) in [6.07, 6.45) is 4.48.